The Kier molecular flexibility index (Phi) is 6.78. The van der Waals surface area contributed by atoms with Crippen molar-refractivity contribution in [2.75, 3.05) is 0 Å². The van der Waals surface area contributed by atoms with Gasteiger partial charge in [0.15, 0.2) is 17.5 Å². The Morgan fingerprint density at radius 2 is 1.16 bits per heavy atom. The first kappa shape index (κ1) is 28.8. The van der Waals surface area contributed by atoms with Crippen LogP contribution in [-0.2, 0) is 0 Å². The minimum atomic E-state index is -0.176. The first-order valence-electron chi connectivity index (χ1n) is 16.8. The summed E-state index contributed by atoms with van der Waals surface area (Å²) in [5.41, 5.74) is 8.91. The van der Waals surface area contributed by atoms with Gasteiger partial charge in [0.05, 0.1) is 0 Å². The Balaban J connectivity index is 1.07. The maximum atomic E-state index is 6.71. The van der Waals surface area contributed by atoms with Gasteiger partial charge in [0.1, 0.15) is 11.9 Å². The second-order valence-electron chi connectivity index (χ2n) is 12.7. The van der Waals surface area contributed by atoms with E-state index in [1.165, 1.54) is 48.0 Å². The van der Waals surface area contributed by atoms with Gasteiger partial charge in [0, 0.05) is 48.4 Å². The van der Waals surface area contributed by atoms with Crippen LogP contribution in [0.1, 0.15) is 17.3 Å². The van der Waals surface area contributed by atoms with Crippen molar-refractivity contribution in [1.29, 1.82) is 0 Å². The molecule has 50 heavy (non-hydrogen) atoms. The van der Waals surface area contributed by atoms with Gasteiger partial charge in [-0.15, -0.1) is 11.3 Å². The standard InChI is InChI=1S/C45H29N3OS/c1-4-13-28(14-5-1)36-25-32(27-40-42(36)35-19-10-11-22-39(35)50-40)33-20-12-21-37-41(33)34-24-23-31(26-38(34)49-37)45-47-43(29-15-6-2-7-16-29)46-44(48-45)30-17-8-3-9-18-30/h1-27,34,38H. The lowest BCUT2D eigenvalue weighted by Gasteiger charge is -2.20. The smallest absolute Gasteiger partial charge is 0.164 e. The molecule has 0 radical (unpaired) electrons. The summed E-state index contributed by atoms with van der Waals surface area (Å²) in [6.07, 6.45) is 6.42. The van der Waals surface area contributed by atoms with E-state index in [9.17, 15) is 0 Å². The molecule has 8 aromatic rings. The average molecular weight is 660 g/mol. The normalized spacial score (nSPS) is 16.2. The van der Waals surface area contributed by atoms with Crippen LogP contribution >= 0.6 is 11.3 Å². The number of rotatable bonds is 5. The number of hydrogen-bond donors (Lipinski definition) is 0. The van der Waals surface area contributed by atoms with Crippen molar-refractivity contribution in [3.8, 4) is 50.8 Å². The van der Waals surface area contributed by atoms with E-state index in [0.717, 1.165) is 22.4 Å². The van der Waals surface area contributed by atoms with Crippen molar-refractivity contribution < 1.29 is 4.74 Å². The Morgan fingerprint density at radius 3 is 1.88 bits per heavy atom. The number of allylic oxidation sites excluding steroid dienone is 2. The Hall–Kier alpha value is -6.17. The van der Waals surface area contributed by atoms with Crippen molar-refractivity contribution in [3.63, 3.8) is 0 Å². The topological polar surface area (TPSA) is 47.9 Å². The summed E-state index contributed by atoms with van der Waals surface area (Å²) in [7, 11) is 0. The third-order valence-electron chi connectivity index (χ3n) is 9.68. The number of ether oxygens (including phenoxy) is 1. The van der Waals surface area contributed by atoms with Gasteiger partial charge in [-0.1, -0.05) is 133 Å². The van der Waals surface area contributed by atoms with Crippen molar-refractivity contribution in [3.05, 3.63) is 175 Å². The Morgan fingerprint density at radius 1 is 0.520 bits per heavy atom. The maximum absolute atomic E-state index is 6.71. The van der Waals surface area contributed by atoms with Crippen LogP contribution in [0.25, 0.3) is 70.8 Å². The van der Waals surface area contributed by atoms with Gasteiger partial charge in [0.2, 0.25) is 0 Å². The highest BCUT2D eigenvalue weighted by molar-refractivity contribution is 7.26. The van der Waals surface area contributed by atoms with Gasteiger partial charge in [-0.05, 0) is 52.6 Å². The molecule has 2 unspecified atom stereocenters. The molecule has 4 nitrogen and oxygen atoms in total. The fraction of sp³-hybridized carbons (Fsp3) is 0.0444. The zero-order valence-corrected chi connectivity index (χ0v) is 27.7. The zero-order valence-electron chi connectivity index (χ0n) is 26.9. The predicted octanol–water partition coefficient (Wildman–Crippen LogP) is 11.4. The number of nitrogens with zero attached hydrogens (tertiary/aromatic N) is 3. The molecule has 236 valence electrons. The number of benzene rings is 6. The van der Waals surface area contributed by atoms with Gasteiger partial charge in [0.25, 0.3) is 0 Å². The molecule has 3 heterocycles. The third-order valence-corrected chi connectivity index (χ3v) is 10.8. The first-order chi connectivity index (χ1) is 24.8. The van der Waals surface area contributed by atoms with Crippen LogP contribution in [0.15, 0.2) is 164 Å². The summed E-state index contributed by atoms with van der Waals surface area (Å²) >= 11 is 1.86. The highest BCUT2D eigenvalue weighted by Gasteiger charge is 2.36. The fourth-order valence-electron chi connectivity index (χ4n) is 7.35. The van der Waals surface area contributed by atoms with Gasteiger partial charge in [-0.3, -0.25) is 0 Å². The van der Waals surface area contributed by atoms with E-state index < -0.39 is 0 Å². The fourth-order valence-corrected chi connectivity index (χ4v) is 8.52. The van der Waals surface area contributed by atoms with E-state index >= 15 is 0 Å². The lowest BCUT2D eigenvalue weighted by molar-refractivity contribution is 0.269. The Bertz CT molecular complexity index is 2570. The SMILES string of the molecule is C1=CC2c3c(cccc3-c3cc(-c4ccccc4)c4c(c3)sc3ccccc34)OC2C=C1c1nc(-c2ccccc2)nc(-c2ccccc2)n1. The van der Waals surface area contributed by atoms with Crippen LogP contribution in [0.3, 0.4) is 0 Å². The molecule has 5 heteroatoms. The second-order valence-corrected chi connectivity index (χ2v) is 13.8. The molecule has 0 N–H and O–H groups in total. The Labute approximate surface area is 293 Å². The molecule has 1 aliphatic carbocycles. The summed E-state index contributed by atoms with van der Waals surface area (Å²) < 4.78 is 9.30. The number of thiophene rings is 1. The molecular weight excluding hydrogens is 631 g/mol. The van der Waals surface area contributed by atoms with Gasteiger partial charge < -0.3 is 4.74 Å². The number of hydrogen-bond acceptors (Lipinski definition) is 5. The highest BCUT2D eigenvalue weighted by atomic mass is 32.1. The lowest BCUT2D eigenvalue weighted by atomic mass is 9.84. The predicted molar refractivity (Wildman–Crippen MR) is 205 cm³/mol. The van der Waals surface area contributed by atoms with Crippen molar-refractivity contribution >= 4 is 37.1 Å². The third kappa shape index (κ3) is 4.86. The molecule has 6 aromatic carbocycles. The van der Waals surface area contributed by atoms with Crippen LogP contribution in [0.4, 0.5) is 0 Å². The quantitative estimate of drug-likeness (QED) is 0.184. The van der Waals surface area contributed by atoms with Crippen LogP contribution in [0.2, 0.25) is 0 Å². The van der Waals surface area contributed by atoms with Crippen LogP contribution in [0.5, 0.6) is 5.75 Å². The van der Waals surface area contributed by atoms with Crippen LogP contribution < -0.4 is 4.74 Å². The second kappa shape index (κ2) is 11.8. The van der Waals surface area contributed by atoms with E-state index in [2.05, 4.69) is 103 Å². The molecule has 0 bridgehead atoms. The van der Waals surface area contributed by atoms with Crippen LogP contribution in [-0.4, -0.2) is 21.1 Å². The molecule has 2 aromatic heterocycles. The average Bonchev–Trinajstić information content (AvgIpc) is 3.76. The highest BCUT2D eigenvalue weighted by Crippen LogP contribution is 2.50. The minimum Gasteiger partial charge on any atom is -0.485 e. The first-order valence-corrected chi connectivity index (χ1v) is 17.7. The summed E-state index contributed by atoms with van der Waals surface area (Å²) in [6, 6.07) is 50.8. The minimum absolute atomic E-state index is 0.0623. The van der Waals surface area contributed by atoms with Crippen LogP contribution in [0, 0.1) is 0 Å². The lowest BCUT2D eigenvalue weighted by Crippen LogP contribution is -2.18. The summed E-state index contributed by atoms with van der Waals surface area (Å²) in [5, 5.41) is 2.62. The number of fused-ring (bicyclic) bond motifs is 6. The van der Waals surface area contributed by atoms with Crippen molar-refractivity contribution in [2.24, 2.45) is 0 Å². The summed E-state index contributed by atoms with van der Waals surface area (Å²) in [5.74, 6) is 2.91. The molecule has 0 amide bonds. The largest absolute Gasteiger partial charge is 0.485 e. The molecule has 0 spiro atoms. The monoisotopic (exact) mass is 659 g/mol. The zero-order chi connectivity index (χ0) is 33.0. The molecule has 2 aliphatic rings. The number of aromatic nitrogens is 3. The van der Waals surface area contributed by atoms with Gasteiger partial charge >= 0.3 is 0 Å². The summed E-state index contributed by atoms with van der Waals surface area (Å²) in [6.45, 7) is 0. The molecule has 0 fully saturated rings. The van der Waals surface area contributed by atoms with Gasteiger partial charge in [-0.2, -0.15) is 0 Å². The van der Waals surface area contributed by atoms with E-state index in [1.54, 1.807) is 0 Å². The van der Waals surface area contributed by atoms with E-state index in [-0.39, 0.29) is 12.0 Å². The molecule has 0 saturated carbocycles. The maximum Gasteiger partial charge on any atom is 0.164 e. The van der Waals surface area contributed by atoms with Crippen molar-refractivity contribution in [1.82, 2.24) is 15.0 Å². The van der Waals surface area contributed by atoms with Gasteiger partial charge in [-0.25, -0.2) is 15.0 Å². The molecule has 2 atom stereocenters. The summed E-state index contributed by atoms with van der Waals surface area (Å²) in [4.78, 5) is 14.8. The molecule has 1 aliphatic heterocycles. The molecule has 0 saturated heterocycles. The molecular formula is C45H29N3OS. The van der Waals surface area contributed by atoms with E-state index in [1.807, 2.05) is 72.0 Å². The van der Waals surface area contributed by atoms with E-state index in [0.29, 0.717) is 17.5 Å². The van der Waals surface area contributed by atoms with Crippen molar-refractivity contribution in [2.45, 2.75) is 12.0 Å². The molecule has 10 rings (SSSR count). The van der Waals surface area contributed by atoms with E-state index in [4.69, 9.17) is 19.7 Å².